The van der Waals surface area contributed by atoms with E-state index in [1.54, 1.807) is 58.0 Å². The second kappa shape index (κ2) is 9.56. The van der Waals surface area contributed by atoms with E-state index in [0.29, 0.717) is 22.6 Å². The molecule has 32 heavy (non-hydrogen) atoms. The summed E-state index contributed by atoms with van der Waals surface area (Å²) in [6.07, 6.45) is -0.921. The van der Waals surface area contributed by atoms with E-state index >= 15 is 0 Å². The van der Waals surface area contributed by atoms with Crippen LogP contribution in [0, 0.1) is 6.92 Å². The predicted octanol–water partition coefficient (Wildman–Crippen LogP) is 6.20. The summed E-state index contributed by atoms with van der Waals surface area (Å²) in [4.78, 5) is 25.6. The van der Waals surface area contributed by atoms with Crippen LogP contribution in [0.2, 0.25) is 0 Å². The lowest BCUT2D eigenvalue weighted by Crippen LogP contribution is -2.26. The van der Waals surface area contributed by atoms with Crippen molar-refractivity contribution in [3.05, 3.63) is 77.9 Å². The van der Waals surface area contributed by atoms with Gasteiger partial charge in [0.2, 0.25) is 0 Å². The molecule has 0 atom stereocenters. The SMILES string of the molecule is COc1c(-c2ccccc2)cc(OC(=O)OC(C)(C)C)c(C(=O)Oc2ccccc2)c1C. The van der Waals surface area contributed by atoms with Gasteiger partial charge in [-0.25, -0.2) is 9.59 Å². The van der Waals surface area contributed by atoms with Crippen molar-refractivity contribution < 1.29 is 28.5 Å². The van der Waals surface area contributed by atoms with E-state index in [1.807, 2.05) is 36.4 Å². The van der Waals surface area contributed by atoms with E-state index in [2.05, 4.69) is 0 Å². The molecule has 0 heterocycles. The Kier molecular flexibility index (Phi) is 6.83. The lowest BCUT2D eigenvalue weighted by molar-refractivity contribution is 0.0204. The van der Waals surface area contributed by atoms with Gasteiger partial charge in [-0.3, -0.25) is 0 Å². The Morgan fingerprint density at radius 1 is 0.844 bits per heavy atom. The van der Waals surface area contributed by atoms with Gasteiger partial charge in [0, 0.05) is 11.1 Å². The molecule has 0 fully saturated rings. The number of ether oxygens (including phenoxy) is 4. The Balaban J connectivity index is 2.12. The monoisotopic (exact) mass is 434 g/mol. The van der Waals surface area contributed by atoms with Gasteiger partial charge in [0.25, 0.3) is 0 Å². The molecule has 0 saturated heterocycles. The highest BCUT2D eigenvalue weighted by molar-refractivity contribution is 5.98. The highest BCUT2D eigenvalue weighted by Crippen LogP contribution is 2.40. The summed E-state index contributed by atoms with van der Waals surface area (Å²) < 4.78 is 22.0. The van der Waals surface area contributed by atoms with Crippen LogP contribution < -0.4 is 14.2 Å². The summed E-state index contributed by atoms with van der Waals surface area (Å²) in [5.41, 5.74) is 1.31. The van der Waals surface area contributed by atoms with Crippen molar-refractivity contribution >= 4 is 12.1 Å². The standard InChI is InChI=1S/C26H26O6/c1-17-22(24(27)30-19-14-10-7-11-15-19)21(31-25(28)32-26(2,3)4)16-20(23(17)29-5)18-12-8-6-9-13-18/h6-16H,1-5H3. The van der Waals surface area contributed by atoms with E-state index in [4.69, 9.17) is 18.9 Å². The molecule has 0 unspecified atom stereocenters. The molecule has 6 nitrogen and oxygen atoms in total. The fourth-order valence-corrected chi connectivity index (χ4v) is 3.21. The number of para-hydroxylation sites is 1. The van der Waals surface area contributed by atoms with Gasteiger partial charge < -0.3 is 18.9 Å². The van der Waals surface area contributed by atoms with E-state index < -0.39 is 17.7 Å². The molecule has 0 aliphatic heterocycles. The van der Waals surface area contributed by atoms with Crippen LogP contribution in [-0.4, -0.2) is 24.8 Å². The third kappa shape index (κ3) is 5.46. The van der Waals surface area contributed by atoms with E-state index in [0.717, 1.165) is 5.56 Å². The van der Waals surface area contributed by atoms with Crippen LogP contribution >= 0.6 is 0 Å². The first-order chi connectivity index (χ1) is 15.2. The minimum Gasteiger partial charge on any atom is -0.496 e. The zero-order valence-corrected chi connectivity index (χ0v) is 18.8. The molecule has 0 bridgehead atoms. The second-order valence-corrected chi connectivity index (χ2v) is 8.09. The van der Waals surface area contributed by atoms with Gasteiger partial charge in [-0.05, 0) is 51.5 Å². The molecule has 3 aromatic rings. The number of esters is 1. The quantitative estimate of drug-likeness (QED) is 0.270. The van der Waals surface area contributed by atoms with Crippen LogP contribution in [0.3, 0.4) is 0 Å². The fraction of sp³-hybridized carbons (Fsp3) is 0.231. The van der Waals surface area contributed by atoms with Gasteiger partial charge in [0.15, 0.2) is 0 Å². The van der Waals surface area contributed by atoms with Crippen LogP contribution in [0.15, 0.2) is 66.7 Å². The third-order valence-electron chi connectivity index (χ3n) is 4.51. The zero-order chi connectivity index (χ0) is 23.3. The van der Waals surface area contributed by atoms with Crippen molar-refractivity contribution in [2.45, 2.75) is 33.3 Å². The molecule has 0 spiro atoms. The molecule has 0 aromatic heterocycles. The first-order valence-corrected chi connectivity index (χ1v) is 10.1. The molecule has 0 radical (unpaired) electrons. The van der Waals surface area contributed by atoms with Gasteiger partial charge in [0.05, 0.1) is 7.11 Å². The number of methoxy groups -OCH3 is 1. The zero-order valence-electron chi connectivity index (χ0n) is 18.8. The third-order valence-corrected chi connectivity index (χ3v) is 4.51. The molecular weight excluding hydrogens is 408 g/mol. The lowest BCUT2D eigenvalue weighted by Gasteiger charge is -2.21. The van der Waals surface area contributed by atoms with Crippen molar-refractivity contribution in [2.24, 2.45) is 0 Å². The summed E-state index contributed by atoms with van der Waals surface area (Å²) in [5, 5.41) is 0. The molecule has 0 aliphatic rings. The second-order valence-electron chi connectivity index (χ2n) is 8.09. The molecule has 3 rings (SSSR count). The molecule has 166 valence electrons. The summed E-state index contributed by atoms with van der Waals surface area (Å²) in [6, 6.07) is 19.7. The molecule has 0 saturated carbocycles. The Morgan fingerprint density at radius 2 is 1.44 bits per heavy atom. The maximum atomic E-state index is 13.1. The molecule has 6 heteroatoms. The number of hydrogen-bond donors (Lipinski definition) is 0. The molecule has 0 amide bonds. The summed E-state index contributed by atoms with van der Waals surface area (Å²) in [7, 11) is 1.52. The lowest BCUT2D eigenvalue weighted by atomic mass is 9.97. The maximum Gasteiger partial charge on any atom is 0.514 e. The largest absolute Gasteiger partial charge is 0.514 e. The Hall–Kier alpha value is -3.80. The van der Waals surface area contributed by atoms with E-state index in [1.165, 1.54) is 7.11 Å². The minimum absolute atomic E-state index is 0.0253. The van der Waals surface area contributed by atoms with Crippen molar-refractivity contribution in [1.82, 2.24) is 0 Å². The number of benzene rings is 3. The van der Waals surface area contributed by atoms with Gasteiger partial charge in [-0.15, -0.1) is 0 Å². The van der Waals surface area contributed by atoms with Crippen LogP contribution in [0.25, 0.3) is 11.1 Å². The number of hydrogen-bond acceptors (Lipinski definition) is 6. The van der Waals surface area contributed by atoms with Gasteiger partial charge >= 0.3 is 12.1 Å². The number of carbonyl (C=O) groups excluding carboxylic acids is 2. The van der Waals surface area contributed by atoms with Gasteiger partial charge in [-0.1, -0.05) is 48.5 Å². The average molecular weight is 434 g/mol. The Labute approximate surface area is 187 Å². The smallest absolute Gasteiger partial charge is 0.496 e. The van der Waals surface area contributed by atoms with Crippen LogP contribution in [0.4, 0.5) is 4.79 Å². The molecule has 3 aromatic carbocycles. The van der Waals surface area contributed by atoms with E-state index in [-0.39, 0.29) is 11.3 Å². The number of rotatable bonds is 5. The summed E-state index contributed by atoms with van der Waals surface area (Å²) in [5.74, 6) is 0.196. The Morgan fingerprint density at radius 3 is 2.00 bits per heavy atom. The summed E-state index contributed by atoms with van der Waals surface area (Å²) >= 11 is 0. The van der Waals surface area contributed by atoms with Crippen LogP contribution in [0.5, 0.6) is 17.2 Å². The first kappa shape index (κ1) is 22.9. The van der Waals surface area contributed by atoms with Gasteiger partial charge in [0.1, 0.15) is 28.4 Å². The van der Waals surface area contributed by atoms with Crippen molar-refractivity contribution in [1.29, 1.82) is 0 Å². The summed E-state index contributed by atoms with van der Waals surface area (Å²) in [6.45, 7) is 6.91. The molecule has 0 N–H and O–H groups in total. The predicted molar refractivity (Wildman–Crippen MR) is 121 cm³/mol. The number of carbonyl (C=O) groups is 2. The van der Waals surface area contributed by atoms with Crippen LogP contribution in [0.1, 0.15) is 36.7 Å². The van der Waals surface area contributed by atoms with Crippen molar-refractivity contribution in [2.75, 3.05) is 7.11 Å². The molecular formula is C26H26O6. The first-order valence-electron chi connectivity index (χ1n) is 10.1. The van der Waals surface area contributed by atoms with Crippen molar-refractivity contribution in [3.8, 4) is 28.4 Å². The highest BCUT2D eigenvalue weighted by Gasteiger charge is 2.27. The normalized spacial score (nSPS) is 10.9. The molecule has 0 aliphatic carbocycles. The average Bonchev–Trinajstić information content (AvgIpc) is 2.73. The van der Waals surface area contributed by atoms with Crippen LogP contribution in [-0.2, 0) is 4.74 Å². The topological polar surface area (TPSA) is 71.1 Å². The minimum atomic E-state index is -0.921. The maximum absolute atomic E-state index is 13.1. The highest BCUT2D eigenvalue weighted by atomic mass is 16.7. The Bertz CT molecular complexity index is 1100. The van der Waals surface area contributed by atoms with Gasteiger partial charge in [-0.2, -0.15) is 0 Å². The fourth-order valence-electron chi connectivity index (χ4n) is 3.21. The van der Waals surface area contributed by atoms with Crippen molar-refractivity contribution in [3.63, 3.8) is 0 Å². The van der Waals surface area contributed by atoms with E-state index in [9.17, 15) is 9.59 Å².